The third-order valence-corrected chi connectivity index (χ3v) is 10.2. The number of carbonyl (C=O) groups is 1. The number of fused-ring (bicyclic) bond motifs is 4. The molecule has 1 saturated heterocycles. The predicted molar refractivity (Wildman–Crippen MR) is 181 cm³/mol. The molecule has 0 saturated carbocycles. The first kappa shape index (κ1) is 32.0. The summed E-state index contributed by atoms with van der Waals surface area (Å²) in [4.78, 5) is 29.2. The van der Waals surface area contributed by atoms with Gasteiger partial charge in [-0.3, -0.25) is 14.7 Å². The Balaban J connectivity index is 1.29. The Hall–Kier alpha value is -4.62. The minimum Gasteiger partial charge on any atom is -0.473 e. The van der Waals surface area contributed by atoms with E-state index in [9.17, 15) is 4.79 Å². The molecule has 7 rings (SSSR count). The molecule has 1 fully saturated rings. The van der Waals surface area contributed by atoms with Gasteiger partial charge in [-0.1, -0.05) is 11.2 Å². The highest BCUT2D eigenvalue weighted by Gasteiger charge is 2.49. The maximum atomic E-state index is 12.7. The monoisotopic (exact) mass is 653 g/mol. The van der Waals surface area contributed by atoms with E-state index in [4.69, 9.17) is 29.7 Å². The van der Waals surface area contributed by atoms with Crippen LogP contribution >= 0.6 is 0 Å². The lowest BCUT2D eigenvalue weighted by atomic mass is 9.68. The van der Waals surface area contributed by atoms with Crippen LogP contribution in [0.5, 0.6) is 5.88 Å². The first-order valence-electron chi connectivity index (χ1n) is 16.8. The lowest BCUT2D eigenvalue weighted by Gasteiger charge is -2.33. The Labute approximate surface area is 279 Å². The van der Waals surface area contributed by atoms with Crippen molar-refractivity contribution in [1.82, 2.24) is 35.1 Å². The summed E-state index contributed by atoms with van der Waals surface area (Å²) in [5.74, 6) is 1.81. The Morgan fingerprint density at radius 3 is 2.92 bits per heavy atom. The number of aromatic nitrogens is 5. The summed E-state index contributed by atoms with van der Waals surface area (Å²) in [6, 6.07) is 7.79. The van der Waals surface area contributed by atoms with Gasteiger partial charge in [0.25, 0.3) is 5.91 Å². The van der Waals surface area contributed by atoms with Crippen LogP contribution < -0.4 is 15.8 Å². The van der Waals surface area contributed by atoms with Crippen molar-refractivity contribution in [3.63, 3.8) is 0 Å². The molecular weight excluding hydrogens is 610 g/mol. The van der Waals surface area contributed by atoms with Crippen LogP contribution in [0.15, 0.2) is 40.0 Å². The molecule has 0 unspecified atom stereocenters. The van der Waals surface area contributed by atoms with Crippen LogP contribution in [0.4, 0.5) is 5.69 Å². The molecular formula is C35H43N9O4. The Kier molecular flexibility index (Phi) is 8.73. The minimum absolute atomic E-state index is 0.110. The first-order chi connectivity index (χ1) is 23.3. The fraction of sp³-hybridized carbons (Fsp3) is 0.486. The molecule has 3 N–H and O–H groups in total. The molecule has 0 bridgehead atoms. The van der Waals surface area contributed by atoms with Gasteiger partial charge in [0.1, 0.15) is 6.10 Å². The smallest absolute Gasteiger partial charge is 0.271 e. The maximum Gasteiger partial charge on any atom is 0.271 e. The van der Waals surface area contributed by atoms with Crippen LogP contribution in [0, 0.1) is 0 Å². The van der Waals surface area contributed by atoms with Crippen molar-refractivity contribution >= 4 is 17.8 Å². The number of hydrogen-bond donors (Lipinski definition) is 2. The fourth-order valence-electron chi connectivity index (χ4n) is 7.87. The number of nitrogens with two attached hydrogens (primary N) is 1. The van der Waals surface area contributed by atoms with Crippen LogP contribution in [0.1, 0.15) is 77.5 Å². The normalized spacial score (nSPS) is 21.1. The van der Waals surface area contributed by atoms with Crippen LogP contribution in [0.3, 0.4) is 0 Å². The third-order valence-electron chi connectivity index (χ3n) is 10.2. The molecule has 48 heavy (non-hydrogen) atoms. The van der Waals surface area contributed by atoms with E-state index in [1.165, 1.54) is 11.1 Å². The van der Waals surface area contributed by atoms with E-state index in [1.54, 1.807) is 37.2 Å². The van der Waals surface area contributed by atoms with E-state index in [-0.39, 0.29) is 29.2 Å². The lowest BCUT2D eigenvalue weighted by molar-refractivity contribution is 0.0931. The summed E-state index contributed by atoms with van der Waals surface area (Å²) in [6.07, 6.45) is 10.1. The Morgan fingerprint density at radius 2 is 2.12 bits per heavy atom. The van der Waals surface area contributed by atoms with E-state index in [2.05, 4.69) is 45.5 Å². The van der Waals surface area contributed by atoms with Crippen molar-refractivity contribution in [2.75, 3.05) is 46.6 Å². The van der Waals surface area contributed by atoms with Crippen molar-refractivity contribution in [1.29, 1.82) is 0 Å². The van der Waals surface area contributed by atoms with Crippen LogP contribution in [-0.2, 0) is 23.0 Å². The summed E-state index contributed by atoms with van der Waals surface area (Å²) >= 11 is 0. The highest BCUT2D eigenvalue weighted by atomic mass is 16.5. The van der Waals surface area contributed by atoms with Gasteiger partial charge >= 0.3 is 0 Å². The maximum absolute atomic E-state index is 12.7. The van der Waals surface area contributed by atoms with Crippen molar-refractivity contribution in [2.45, 2.75) is 69.4 Å². The van der Waals surface area contributed by atoms with Gasteiger partial charge in [0, 0.05) is 62.0 Å². The molecule has 1 aliphatic heterocycles. The molecule has 3 aliphatic rings. The van der Waals surface area contributed by atoms with Crippen LogP contribution in [-0.4, -0.2) is 95.0 Å². The van der Waals surface area contributed by atoms with Gasteiger partial charge in [-0.2, -0.15) is 10.1 Å². The third kappa shape index (κ3) is 5.64. The average Bonchev–Trinajstić information content (AvgIpc) is 3.89. The number of aliphatic imine (C=N–C) groups is 1. The molecule has 252 valence electrons. The van der Waals surface area contributed by atoms with Crippen molar-refractivity contribution in [3.05, 3.63) is 64.2 Å². The van der Waals surface area contributed by atoms with Crippen LogP contribution in [0.25, 0.3) is 17.3 Å². The van der Waals surface area contributed by atoms with Crippen LogP contribution in [0.2, 0.25) is 0 Å². The first-order valence-corrected chi connectivity index (χ1v) is 16.8. The van der Waals surface area contributed by atoms with E-state index < -0.39 is 0 Å². The number of nitrogens with one attached hydrogen (secondary N) is 1. The summed E-state index contributed by atoms with van der Waals surface area (Å²) in [7, 11) is 5.48. The molecule has 4 aromatic rings. The quantitative estimate of drug-likeness (QED) is 0.147. The molecule has 13 nitrogen and oxygen atoms in total. The molecule has 2 aliphatic carbocycles. The number of hydrogen-bond acceptors (Lipinski definition) is 11. The van der Waals surface area contributed by atoms with Gasteiger partial charge in [0.2, 0.25) is 5.88 Å². The predicted octanol–water partition coefficient (Wildman–Crippen LogP) is 3.75. The number of nitrogens with zero attached hydrogens (tertiary/aromatic N) is 7. The Bertz CT molecular complexity index is 1850. The van der Waals surface area contributed by atoms with Gasteiger partial charge in [0.15, 0.2) is 28.8 Å². The second-order valence-electron chi connectivity index (χ2n) is 13.1. The Morgan fingerprint density at radius 1 is 1.25 bits per heavy atom. The number of nitrogen functional groups attached to an aromatic ring is 1. The van der Waals surface area contributed by atoms with E-state index in [1.807, 2.05) is 12.3 Å². The SMILES string of the molecule is CN=Cc1c(N)ccc2c1[C@]1(CCCc3c(-c4nc(O[C@@H](C)[C@@H]5CCCN5C)cc(-n5ccc(C(=O)NCCOC)n5)n4)noc31)CC2. The molecule has 1 amide bonds. The number of anilines is 1. The molecule has 1 spiro atoms. The highest BCUT2D eigenvalue weighted by molar-refractivity contribution is 5.92. The second kappa shape index (κ2) is 13.1. The van der Waals surface area contributed by atoms with E-state index >= 15 is 0 Å². The van der Waals surface area contributed by atoms with Crippen molar-refractivity contribution < 1.29 is 18.8 Å². The number of carbonyl (C=O) groups excluding carboxylic acids is 1. The largest absolute Gasteiger partial charge is 0.473 e. The van der Waals surface area contributed by atoms with Gasteiger partial charge in [-0.05, 0) is 88.7 Å². The lowest BCUT2D eigenvalue weighted by Crippen LogP contribution is -2.38. The zero-order chi connectivity index (χ0) is 33.4. The minimum atomic E-state index is -0.356. The molecule has 1 aromatic carbocycles. The van der Waals surface area contributed by atoms with Gasteiger partial charge in [0.05, 0.1) is 12.0 Å². The fourth-order valence-corrected chi connectivity index (χ4v) is 7.87. The molecule has 3 atom stereocenters. The number of likely N-dealkylation sites (tertiary alicyclic amines) is 1. The summed E-state index contributed by atoms with van der Waals surface area (Å²) < 4.78 is 19.4. The highest BCUT2D eigenvalue weighted by Crippen LogP contribution is 2.54. The molecule has 4 heterocycles. The van der Waals surface area contributed by atoms with Gasteiger partial charge in [-0.15, -0.1) is 0 Å². The second-order valence-corrected chi connectivity index (χ2v) is 13.1. The summed E-state index contributed by atoms with van der Waals surface area (Å²) in [6.45, 7) is 3.90. The van der Waals surface area contributed by atoms with Crippen molar-refractivity contribution in [2.24, 2.45) is 4.99 Å². The summed E-state index contributed by atoms with van der Waals surface area (Å²) in [5.41, 5.74) is 12.1. The standard InChI is InChI=1S/C35H43N9O4/c1-21(27-8-6-16-43(27)3)47-29-19-28(44-17-12-26(41-44)34(45)38-15-18-46-4)39-33(40-29)31-23-7-5-13-35(32(23)48-42-31)14-11-22-9-10-25(36)24(20-37-2)30(22)35/h9-10,12,17,19-21,27H,5-8,11,13-16,18,36H2,1-4H3,(H,38,45)/t21-,27-,35-/m0/s1. The zero-order valence-electron chi connectivity index (χ0n) is 28.0. The number of ether oxygens (including phenoxy) is 2. The van der Waals surface area contributed by atoms with Gasteiger partial charge < -0.3 is 25.0 Å². The topological polar surface area (TPSA) is 159 Å². The number of benzene rings is 1. The van der Waals surface area contributed by atoms with E-state index in [0.717, 1.165) is 68.4 Å². The van der Waals surface area contributed by atoms with Crippen molar-refractivity contribution in [3.8, 4) is 23.2 Å². The molecule has 0 radical (unpaired) electrons. The number of methoxy groups -OCH3 is 1. The number of aryl methyl sites for hydroxylation is 1. The van der Waals surface area contributed by atoms with Gasteiger partial charge in [-0.25, -0.2) is 9.67 Å². The zero-order valence-corrected chi connectivity index (χ0v) is 28.0. The number of likely N-dealkylation sites (N-methyl/N-ethyl adjacent to an activating group) is 1. The number of rotatable bonds is 10. The number of amides is 1. The summed E-state index contributed by atoms with van der Waals surface area (Å²) in [5, 5.41) is 12.0. The van der Waals surface area contributed by atoms with E-state index in [0.29, 0.717) is 42.1 Å². The average molecular weight is 654 g/mol. The molecule has 13 heteroatoms. The molecule has 3 aromatic heterocycles.